The molecule has 5 heteroatoms. The van der Waals surface area contributed by atoms with Crippen LogP contribution in [0.15, 0.2) is 0 Å². The van der Waals surface area contributed by atoms with Gasteiger partial charge in [-0.3, -0.25) is 0 Å². The van der Waals surface area contributed by atoms with Crippen LogP contribution in [-0.4, -0.2) is 21.8 Å². The molecule has 0 radical (unpaired) electrons. The molecule has 3 nitrogen and oxygen atoms in total. The van der Waals surface area contributed by atoms with Gasteiger partial charge in [-0.05, 0) is 12.8 Å². The van der Waals surface area contributed by atoms with Crippen molar-refractivity contribution in [1.29, 1.82) is 0 Å². The number of halogens is 1. The van der Waals surface area contributed by atoms with Gasteiger partial charge in [-0.25, -0.2) is 4.98 Å². The number of rotatable bonds is 5. The van der Waals surface area contributed by atoms with Gasteiger partial charge in [0.1, 0.15) is 5.82 Å². The topological polar surface area (TPSA) is 37.8 Å². The molecular formula is C13H22ClN3S. The van der Waals surface area contributed by atoms with Gasteiger partial charge in [0.15, 0.2) is 0 Å². The molecule has 1 saturated carbocycles. The summed E-state index contributed by atoms with van der Waals surface area (Å²) < 4.78 is 4.36. The summed E-state index contributed by atoms with van der Waals surface area (Å²) in [5.74, 6) is 2.08. The Labute approximate surface area is 119 Å². The number of nitrogens with zero attached hydrogens (tertiary/aromatic N) is 2. The summed E-state index contributed by atoms with van der Waals surface area (Å²) in [6.07, 6.45) is 6.44. The van der Waals surface area contributed by atoms with Gasteiger partial charge in [-0.2, -0.15) is 4.37 Å². The highest BCUT2D eigenvalue weighted by atomic mass is 35.5. The standard InChI is InChI=1S/C13H22ClN3S/c1-10(2)11-16-12(18-17-11)15-9-13(8-14)6-4-3-5-7-13/h10H,3-9H2,1-2H3,(H,15,16,17). The zero-order chi connectivity index (χ0) is 13.0. The first-order valence-corrected chi connectivity index (χ1v) is 8.09. The summed E-state index contributed by atoms with van der Waals surface area (Å²) >= 11 is 7.65. The van der Waals surface area contributed by atoms with Gasteiger partial charge in [0.25, 0.3) is 0 Å². The smallest absolute Gasteiger partial charge is 0.202 e. The van der Waals surface area contributed by atoms with E-state index >= 15 is 0 Å². The van der Waals surface area contributed by atoms with Crippen molar-refractivity contribution in [3.63, 3.8) is 0 Å². The van der Waals surface area contributed by atoms with Crippen LogP contribution in [0.25, 0.3) is 0 Å². The van der Waals surface area contributed by atoms with E-state index in [0.29, 0.717) is 5.92 Å². The van der Waals surface area contributed by atoms with Crippen LogP contribution in [0.5, 0.6) is 0 Å². The number of hydrogen-bond donors (Lipinski definition) is 1. The Morgan fingerprint density at radius 1 is 1.33 bits per heavy atom. The fraction of sp³-hybridized carbons (Fsp3) is 0.846. The van der Waals surface area contributed by atoms with Gasteiger partial charge in [0.2, 0.25) is 5.13 Å². The molecule has 0 spiro atoms. The molecule has 2 rings (SSSR count). The third kappa shape index (κ3) is 3.35. The lowest BCUT2D eigenvalue weighted by Crippen LogP contribution is -2.33. The van der Waals surface area contributed by atoms with Crippen molar-refractivity contribution in [2.75, 3.05) is 17.7 Å². The molecule has 0 aliphatic heterocycles. The summed E-state index contributed by atoms with van der Waals surface area (Å²) in [5.41, 5.74) is 0.267. The Hall–Kier alpha value is -0.350. The molecule has 18 heavy (non-hydrogen) atoms. The minimum Gasteiger partial charge on any atom is -0.360 e. The van der Waals surface area contributed by atoms with Crippen LogP contribution >= 0.6 is 23.1 Å². The molecule has 1 fully saturated rings. The Morgan fingerprint density at radius 3 is 2.61 bits per heavy atom. The second-order valence-corrected chi connectivity index (χ2v) is 6.68. The summed E-state index contributed by atoms with van der Waals surface area (Å²) in [7, 11) is 0. The lowest BCUT2D eigenvalue weighted by molar-refractivity contribution is 0.238. The zero-order valence-electron chi connectivity index (χ0n) is 11.2. The van der Waals surface area contributed by atoms with Crippen molar-refractivity contribution in [3.05, 3.63) is 5.82 Å². The van der Waals surface area contributed by atoms with Crippen LogP contribution in [0.1, 0.15) is 57.7 Å². The molecule has 0 amide bonds. The quantitative estimate of drug-likeness (QED) is 0.822. The molecule has 1 aromatic heterocycles. The maximum absolute atomic E-state index is 6.19. The Bertz CT molecular complexity index is 372. The van der Waals surface area contributed by atoms with E-state index in [1.807, 2.05) is 0 Å². The minimum atomic E-state index is 0.267. The molecule has 0 bridgehead atoms. The number of aromatic nitrogens is 2. The summed E-state index contributed by atoms with van der Waals surface area (Å²) in [5, 5.41) is 4.38. The third-order valence-electron chi connectivity index (χ3n) is 3.77. The fourth-order valence-corrected chi connectivity index (χ4v) is 3.53. The molecule has 1 N–H and O–H groups in total. The lowest BCUT2D eigenvalue weighted by Gasteiger charge is -2.35. The van der Waals surface area contributed by atoms with Gasteiger partial charge >= 0.3 is 0 Å². The second-order valence-electron chi connectivity index (χ2n) is 5.66. The Morgan fingerprint density at radius 2 is 2.06 bits per heavy atom. The van der Waals surface area contributed by atoms with Crippen LogP contribution in [-0.2, 0) is 0 Å². The van der Waals surface area contributed by atoms with Gasteiger partial charge < -0.3 is 5.32 Å². The first-order valence-electron chi connectivity index (χ1n) is 6.79. The monoisotopic (exact) mass is 287 g/mol. The van der Waals surface area contributed by atoms with E-state index < -0.39 is 0 Å². The van der Waals surface area contributed by atoms with Crippen LogP contribution in [0, 0.1) is 5.41 Å². The normalized spacial score (nSPS) is 19.1. The lowest BCUT2D eigenvalue weighted by atomic mass is 9.75. The van der Waals surface area contributed by atoms with E-state index in [1.54, 1.807) is 0 Å². The predicted molar refractivity (Wildman–Crippen MR) is 78.7 cm³/mol. The van der Waals surface area contributed by atoms with Crippen LogP contribution in [0.2, 0.25) is 0 Å². The van der Waals surface area contributed by atoms with Gasteiger partial charge in [0.05, 0.1) is 0 Å². The largest absolute Gasteiger partial charge is 0.360 e. The first-order chi connectivity index (χ1) is 8.65. The van der Waals surface area contributed by atoms with E-state index in [2.05, 4.69) is 28.5 Å². The summed E-state index contributed by atoms with van der Waals surface area (Å²) in [6.45, 7) is 5.17. The predicted octanol–water partition coefficient (Wildman–Crippen LogP) is 4.26. The van der Waals surface area contributed by atoms with Gasteiger partial charge in [-0.1, -0.05) is 33.1 Å². The SMILES string of the molecule is CC(C)c1nsc(NCC2(CCl)CCCCC2)n1. The van der Waals surface area contributed by atoms with Crippen LogP contribution in [0.4, 0.5) is 5.13 Å². The maximum atomic E-state index is 6.19. The highest BCUT2D eigenvalue weighted by molar-refractivity contribution is 7.09. The molecule has 0 aromatic carbocycles. The highest BCUT2D eigenvalue weighted by Gasteiger charge is 2.31. The Kier molecular flexibility index (Phi) is 4.84. The van der Waals surface area contributed by atoms with Crippen molar-refractivity contribution >= 4 is 28.3 Å². The van der Waals surface area contributed by atoms with Gasteiger partial charge in [0, 0.05) is 35.3 Å². The second kappa shape index (κ2) is 6.20. The van der Waals surface area contributed by atoms with E-state index in [1.165, 1.54) is 43.6 Å². The fourth-order valence-electron chi connectivity index (χ4n) is 2.46. The molecule has 102 valence electrons. The van der Waals surface area contributed by atoms with Crippen molar-refractivity contribution in [1.82, 2.24) is 9.36 Å². The molecule has 1 aliphatic carbocycles. The number of alkyl halides is 1. The maximum Gasteiger partial charge on any atom is 0.202 e. The average molecular weight is 288 g/mol. The van der Waals surface area contributed by atoms with Gasteiger partial charge in [-0.15, -0.1) is 11.6 Å². The van der Waals surface area contributed by atoms with Crippen molar-refractivity contribution < 1.29 is 0 Å². The molecule has 0 atom stereocenters. The van der Waals surface area contributed by atoms with E-state index in [4.69, 9.17) is 11.6 Å². The van der Waals surface area contributed by atoms with Crippen molar-refractivity contribution in [2.45, 2.75) is 51.9 Å². The average Bonchev–Trinajstić information content (AvgIpc) is 2.87. The Balaban J connectivity index is 1.92. The molecule has 0 unspecified atom stereocenters. The van der Waals surface area contributed by atoms with Crippen LogP contribution < -0.4 is 5.32 Å². The van der Waals surface area contributed by atoms with E-state index in [0.717, 1.165) is 23.4 Å². The molecule has 1 aliphatic rings. The number of nitrogens with one attached hydrogen (secondary N) is 1. The van der Waals surface area contributed by atoms with Crippen molar-refractivity contribution in [2.24, 2.45) is 5.41 Å². The van der Waals surface area contributed by atoms with E-state index in [9.17, 15) is 0 Å². The molecule has 0 saturated heterocycles. The molecule has 1 aromatic rings. The molecular weight excluding hydrogens is 266 g/mol. The highest BCUT2D eigenvalue weighted by Crippen LogP contribution is 2.37. The summed E-state index contributed by atoms with van der Waals surface area (Å²) in [6, 6.07) is 0. The first kappa shape index (κ1) is 14.1. The zero-order valence-corrected chi connectivity index (χ0v) is 12.8. The van der Waals surface area contributed by atoms with Crippen molar-refractivity contribution in [3.8, 4) is 0 Å². The third-order valence-corrected chi connectivity index (χ3v) is 5.02. The summed E-state index contributed by atoms with van der Waals surface area (Å²) in [4.78, 5) is 4.51. The minimum absolute atomic E-state index is 0.267. The number of hydrogen-bond acceptors (Lipinski definition) is 4. The van der Waals surface area contributed by atoms with Crippen LogP contribution in [0.3, 0.4) is 0 Å². The molecule has 1 heterocycles. The van der Waals surface area contributed by atoms with E-state index in [-0.39, 0.29) is 5.41 Å². The number of anilines is 1.